The fourth-order valence-corrected chi connectivity index (χ4v) is 2.22. The van der Waals surface area contributed by atoms with E-state index in [0.717, 1.165) is 6.42 Å². The largest absolute Gasteiger partial charge is 0.481 e. The minimum absolute atomic E-state index is 0.193. The van der Waals surface area contributed by atoms with Gasteiger partial charge in [-0.15, -0.1) is 0 Å². The van der Waals surface area contributed by atoms with Gasteiger partial charge in [0, 0.05) is 13.1 Å². The number of urea groups is 1. The van der Waals surface area contributed by atoms with Crippen LogP contribution in [0.2, 0.25) is 0 Å². The highest BCUT2D eigenvalue weighted by molar-refractivity contribution is 5.75. The summed E-state index contributed by atoms with van der Waals surface area (Å²) in [5.74, 6) is -1.05. The standard InChI is InChI=1S/C14H26N2O3/c1-4-14(5-6-14)9-16-13(19)15-8-11(12(17)18)7-10(2)3/h10-11H,4-9H2,1-3H3,(H,17,18)(H2,15,16,19). The van der Waals surface area contributed by atoms with Crippen molar-refractivity contribution in [1.29, 1.82) is 0 Å². The van der Waals surface area contributed by atoms with Gasteiger partial charge in [-0.05, 0) is 37.0 Å². The third-order valence-corrected chi connectivity index (χ3v) is 3.95. The van der Waals surface area contributed by atoms with E-state index in [1.807, 2.05) is 13.8 Å². The second-order valence-electron chi connectivity index (χ2n) is 6.08. The van der Waals surface area contributed by atoms with Crippen LogP contribution < -0.4 is 10.6 Å². The molecule has 2 amide bonds. The third-order valence-electron chi connectivity index (χ3n) is 3.95. The molecule has 0 aromatic carbocycles. The smallest absolute Gasteiger partial charge is 0.314 e. The molecule has 0 aromatic heterocycles. The fourth-order valence-electron chi connectivity index (χ4n) is 2.22. The zero-order chi connectivity index (χ0) is 14.5. The first kappa shape index (κ1) is 15.8. The lowest BCUT2D eigenvalue weighted by atomic mass is 9.97. The Morgan fingerprint density at radius 3 is 2.32 bits per heavy atom. The van der Waals surface area contributed by atoms with Gasteiger partial charge >= 0.3 is 12.0 Å². The lowest BCUT2D eigenvalue weighted by Gasteiger charge is -2.17. The van der Waals surface area contributed by atoms with Crippen molar-refractivity contribution in [3.8, 4) is 0 Å². The lowest BCUT2D eigenvalue weighted by molar-refractivity contribution is -0.142. The molecule has 0 aromatic rings. The molecule has 5 heteroatoms. The van der Waals surface area contributed by atoms with Gasteiger partial charge in [-0.25, -0.2) is 4.79 Å². The molecular formula is C14H26N2O3. The summed E-state index contributed by atoms with van der Waals surface area (Å²) in [6.45, 7) is 6.98. The van der Waals surface area contributed by atoms with E-state index in [1.165, 1.54) is 12.8 Å². The van der Waals surface area contributed by atoms with E-state index < -0.39 is 11.9 Å². The number of amides is 2. The number of rotatable bonds is 8. The maximum Gasteiger partial charge on any atom is 0.314 e. The summed E-state index contributed by atoms with van der Waals surface area (Å²) < 4.78 is 0. The number of carboxylic acid groups (broad SMARTS) is 1. The summed E-state index contributed by atoms with van der Waals surface area (Å²) in [5, 5.41) is 14.6. The number of carbonyl (C=O) groups is 2. The zero-order valence-corrected chi connectivity index (χ0v) is 12.2. The van der Waals surface area contributed by atoms with E-state index in [2.05, 4.69) is 17.6 Å². The highest BCUT2D eigenvalue weighted by Gasteiger charge is 2.40. The van der Waals surface area contributed by atoms with Crippen molar-refractivity contribution in [3.05, 3.63) is 0 Å². The van der Waals surface area contributed by atoms with Crippen molar-refractivity contribution >= 4 is 12.0 Å². The molecule has 0 spiro atoms. The number of hydrogen-bond acceptors (Lipinski definition) is 2. The summed E-state index contributed by atoms with van der Waals surface area (Å²) in [6, 6.07) is -0.255. The van der Waals surface area contributed by atoms with Crippen molar-refractivity contribution in [2.75, 3.05) is 13.1 Å². The molecule has 0 heterocycles. The third kappa shape index (κ3) is 5.49. The molecule has 0 aliphatic heterocycles. The normalized spacial score (nSPS) is 17.9. The summed E-state index contributed by atoms with van der Waals surface area (Å²) in [5.41, 5.74) is 0.307. The molecule has 1 fully saturated rings. The highest BCUT2D eigenvalue weighted by atomic mass is 16.4. The van der Waals surface area contributed by atoms with Crippen LogP contribution in [-0.2, 0) is 4.79 Å². The molecule has 1 aliphatic carbocycles. The Kier molecular flexibility index (Phi) is 5.63. The van der Waals surface area contributed by atoms with Gasteiger partial charge < -0.3 is 15.7 Å². The molecule has 3 N–H and O–H groups in total. The van der Waals surface area contributed by atoms with Gasteiger partial charge in [0.05, 0.1) is 5.92 Å². The second kappa shape index (κ2) is 6.78. The Bertz CT molecular complexity index is 325. The Balaban J connectivity index is 2.25. The van der Waals surface area contributed by atoms with Gasteiger partial charge in [0.1, 0.15) is 0 Å². The maximum absolute atomic E-state index is 11.6. The van der Waals surface area contributed by atoms with Crippen LogP contribution in [0.4, 0.5) is 4.79 Å². The van der Waals surface area contributed by atoms with Crippen molar-refractivity contribution in [1.82, 2.24) is 10.6 Å². The van der Waals surface area contributed by atoms with Gasteiger partial charge in [0.25, 0.3) is 0 Å². The monoisotopic (exact) mass is 270 g/mol. The number of aliphatic carboxylic acids is 1. The molecule has 1 saturated carbocycles. The average Bonchev–Trinajstić information content (AvgIpc) is 3.12. The molecule has 1 unspecified atom stereocenters. The summed E-state index contributed by atoms with van der Waals surface area (Å²) in [7, 11) is 0. The first-order chi connectivity index (χ1) is 8.88. The molecule has 19 heavy (non-hydrogen) atoms. The van der Waals surface area contributed by atoms with E-state index in [9.17, 15) is 9.59 Å². The van der Waals surface area contributed by atoms with Crippen LogP contribution in [0.5, 0.6) is 0 Å². The Hall–Kier alpha value is -1.26. The van der Waals surface area contributed by atoms with Crippen molar-refractivity contribution in [2.45, 2.75) is 46.5 Å². The van der Waals surface area contributed by atoms with Gasteiger partial charge in [-0.1, -0.05) is 20.8 Å². The Labute approximate surface area is 115 Å². The summed E-state index contributed by atoms with van der Waals surface area (Å²) >= 11 is 0. The number of nitrogens with one attached hydrogen (secondary N) is 2. The molecular weight excluding hydrogens is 244 g/mol. The second-order valence-corrected chi connectivity index (χ2v) is 6.08. The summed E-state index contributed by atoms with van der Waals surface area (Å²) in [4.78, 5) is 22.7. The van der Waals surface area contributed by atoms with Crippen LogP contribution in [0.1, 0.15) is 46.5 Å². The molecule has 0 radical (unpaired) electrons. The van der Waals surface area contributed by atoms with E-state index in [1.54, 1.807) is 0 Å². The molecule has 1 aliphatic rings. The minimum Gasteiger partial charge on any atom is -0.481 e. The van der Waals surface area contributed by atoms with Crippen molar-refractivity contribution < 1.29 is 14.7 Å². The predicted molar refractivity (Wildman–Crippen MR) is 73.9 cm³/mol. The number of carboxylic acids is 1. The van der Waals surface area contributed by atoms with Gasteiger partial charge in [0.2, 0.25) is 0 Å². The molecule has 0 saturated heterocycles. The quantitative estimate of drug-likeness (QED) is 0.633. The van der Waals surface area contributed by atoms with E-state index in [4.69, 9.17) is 5.11 Å². The van der Waals surface area contributed by atoms with Crippen LogP contribution in [0, 0.1) is 17.3 Å². The fraction of sp³-hybridized carbons (Fsp3) is 0.857. The maximum atomic E-state index is 11.6. The Morgan fingerprint density at radius 2 is 1.89 bits per heavy atom. The van der Waals surface area contributed by atoms with Crippen molar-refractivity contribution in [3.63, 3.8) is 0 Å². The minimum atomic E-state index is -0.846. The topological polar surface area (TPSA) is 78.4 Å². The first-order valence-corrected chi connectivity index (χ1v) is 7.13. The van der Waals surface area contributed by atoms with Crippen LogP contribution in [0.25, 0.3) is 0 Å². The number of carbonyl (C=O) groups excluding carboxylic acids is 1. The highest BCUT2D eigenvalue weighted by Crippen LogP contribution is 2.47. The van der Waals surface area contributed by atoms with Crippen LogP contribution in [0.3, 0.4) is 0 Å². The van der Waals surface area contributed by atoms with Crippen molar-refractivity contribution in [2.24, 2.45) is 17.3 Å². The van der Waals surface area contributed by atoms with Gasteiger partial charge in [-0.3, -0.25) is 4.79 Å². The van der Waals surface area contributed by atoms with E-state index in [0.29, 0.717) is 24.3 Å². The molecule has 110 valence electrons. The molecule has 1 atom stereocenters. The average molecular weight is 270 g/mol. The van der Waals surface area contributed by atoms with Crippen LogP contribution in [0.15, 0.2) is 0 Å². The first-order valence-electron chi connectivity index (χ1n) is 7.13. The predicted octanol–water partition coefficient (Wildman–Crippen LogP) is 2.22. The van der Waals surface area contributed by atoms with E-state index in [-0.39, 0.29) is 12.6 Å². The molecule has 5 nitrogen and oxygen atoms in total. The molecule has 1 rings (SSSR count). The summed E-state index contributed by atoms with van der Waals surface area (Å²) in [6.07, 6.45) is 4.01. The van der Waals surface area contributed by atoms with E-state index >= 15 is 0 Å². The lowest BCUT2D eigenvalue weighted by Crippen LogP contribution is -2.42. The number of hydrogen-bond donors (Lipinski definition) is 3. The van der Waals surface area contributed by atoms with Gasteiger partial charge in [-0.2, -0.15) is 0 Å². The van der Waals surface area contributed by atoms with Crippen LogP contribution in [-0.4, -0.2) is 30.2 Å². The SMILES string of the molecule is CCC1(CNC(=O)NCC(CC(C)C)C(=O)O)CC1. The van der Waals surface area contributed by atoms with Gasteiger partial charge in [0.15, 0.2) is 0 Å². The zero-order valence-electron chi connectivity index (χ0n) is 12.2. The Morgan fingerprint density at radius 1 is 1.26 bits per heavy atom. The van der Waals surface area contributed by atoms with Crippen LogP contribution >= 0.6 is 0 Å². The molecule has 0 bridgehead atoms.